The summed E-state index contributed by atoms with van der Waals surface area (Å²) >= 11 is 0. The van der Waals surface area contributed by atoms with Gasteiger partial charge in [0.15, 0.2) is 5.82 Å². The van der Waals surface area contributed by atoms with E-state index in [-0.39, 0.29) is 0 Å². The van der Waals surface area contributed by atoms with Crippen molar-refractivity contribution in [3.8, 4) is 40.1 Å². The highest BCUT2D eigenvalue weighted by molar-refractivity contribution is 6.19. The Balaban J connectivity index is 1.28. The maximum atomic E-state index is 10.5. The molecule has 0 saturated heterocycles. The Morgan fingerprint density at radius 2 is 1.02 bits per heavy atom. The van der Waals surface area contributed by atoms with E-state index in [9.17, 15) is 5.26 Å². The van der Waals surface area contributed by atoms with Crippen LogP contribution in [0.3, 0.4) is 0 Å². The Kier molecular flexibility index (Phi) is 6.17. The fraction of sp³-hybridized carbons (Fsp3) is 0. The monoisotopic (exact) mass is 637 g/mol. The number of hydrogen-bond acceptors (Lipinski definition) is 3. The third kappa shape index (κ3) is 4.19. The van der Waals surface area contributed by atoms with Crippen LogP contribution in [0, 0.1) is 11.3 Å². The molecule has 10 aromatic rings. The van der Waals surface area contributed by atoms with E-state index in [4.69, 9.17) is 9.97 Å². The first-order valence-corrected chi connectivity index (χ1v) is 16.7. The van der Waals surface area contributed by atoms with Gasteiger partial charge >= 0.3 is 0 Å². The Hall–Kier alpha value is -7.03. The van der Waals surface area contributed by atoms with E-state index in [0.29, 0.717) is 11.4 Å². The van der Waals surface area contributed by atoms with Crippen molar-refractivity contribution in [2.24, 2.45) is 0 Å². The maximum absolute atomic E-state index is 10.5. The van der Waals surface area contributed by atoms with Crippen molar-refractivity contribution in [3.05, 3.63) is 169 Å². The highest BCUT2D eigenvalue weighted by atomic mass is 15.0. The number of nitriles is 1. The second-order valence-corrected chi connectivity index (χ2v) is 12.5. The highest BCUT2D eigenvalue weighted by Gasteiger charge is 2.21. The predicted molar refractivity (Wildman–Crippen MR) is 204 cm³/mol. The first kappa shape index (κ1) is 28.0. The summed E-state index contributed by atoms with van der Waals surface area (Å²) in [4.78, 5) is 10.1. The lowest BCUT2D eigenvalue weighted by atomic mass is 10.0. The zero-order valence-corrected chi connectivity index (χ0v) is 26.8. The molecule has 0 unspecified atom stereocenters. The molecule has 3 heterocycles. The van der Waals surface area contributed by atoms with Crippen molar-refractivity contribution in [3.63, 3.8) is 0 Å². The van der Waals surface area contributed by atoms with Crippen LogP contribution < -0.4 is 0 Å². The van der Waals surface area contributed by atoms with E-state index in [0.717, 1.165) is 77.3 Å². The third-order valence-corrected chi connectivity index (χ3v) is 9.75. The lowest BCUT2D eigenvalue weighted by Gasteiger charge is -2.14. The average Bonchev–Trinajstić information content (AvgIpc) is 3.69. The standard InChI is InChI=1S/C45H27N5/c46-28-31-24-23-30(44-35-19-7-10-20-38(35)47-45(48-44)29-13-3-1-4-14-29)25-41(31)50-40-22-12-9-18-34(40)37-26-42-36(27-43(37)50)33-17-8-11-21-39(33)49(42)32-15-5-2-6-16-32/h1-27H. The lowest BCUT2D eigenvalue weighted by Crippen LogP contribution is -2.00. The van der Waals surface area contributed by atoms with Crippen LogP contribution in [0.2, 0.25) is 0 Å². The number of nitrogens with zero attached hydrogens (tertiary/aromatic N) is 5. The number of para-hydroxylation sites is 4. The molecule has 0 bridgehead atoms. The molecule has 0 N–H and O–H groups in total. The van der Waals surface area contributed by atoms with Gasteiger partial charge in [-0.25, -0.2) is 9.97 Å². The van der Waals surface area contributed by atoms with Crippen LogP contribution in [0.1, 0.15) is 5.56 Å². The van der Waals surface area contributed by atoms with Crippen LogP contribution in [0.15, 0.2) is 164 Å². The van der Waals surface area contributed by atoms with E-state index in [1.165, 1.54) is 5.39 Å². The van der Waals surface area contributed by atoms with Crippen molar-refractivity contribution >= 4 is 54.5 Å². The van der Waals surface area contributed by atoms with Crippen LogP contribution in [0.25, 0.3) is 88.5 Å². The van der Waals surface area contributed by atoms with Gasteiger partial charge in [0.2, 0.25) is 0 Å². The van der Waals surface area contributed by atoms with Crippen molar-refractivity contribution in [1.82, 2.24) is 19.1 Å². The van der Waals surface area contributed by atoms with Gasteiger partial charge in [-0.2, -0.15) is 5.26 Å². The van der Waals surface area contributed by atoms with Gasteiger partial charge < -0.3 is 9.13 Å². The molecule has 0 saturated carbocycles. The number of aromatic nitrogens is 4. The summed E-state index contributed by atoms with van der Waals surface area (Å²) in [7, 11) is 0. The van der Waals surface area contributed by atoms with Gasteiger partial charge in [0.25, 0.3) is 0 Å². The average molecular weight is 638 g/mol. The van der Waals surface area contributed by atoms with Gasteiger partial charge in [-0.15, -0.1) is 0 Å². The van der Waals surface area contributed by atoms with E-state index in [1.807, 2.05) is 60.7 Å². The minimum atomic E-state index is 0.588. The second kappa shape index (κ2) is 11.0. The molecule has 10 rings (SSSR count). The van der Waals surface area contributed by atoms with Gasteiger partial charge in [-0.05, 0) is 54.6 Å². The van der Waals surface area contributed by atoms with Crippen molar-refractivity contribution in [1.29, 1.82) is 5.26 Å². The molecule has 0 amide bonds. The number of fused-ring (bicyclic) bond motifs is 7. The molecule has 232 valence electrons. The molecule has 0 aliphatic heterocycles. The topological polar surface area (TPSA) is 59.4 Å². The lowest BCUT2D eigenvalue weighted by molar-refractivity contribution is 1.16. The summed E-state index contributed by atoms with van der Waals surface area (Å²) in [5.41, 5.74) is 10.5. The summed E-state index contributed by atoms with van der Waals surface area (Å²) in [5, 5.41) is 16.1. The summed E-state index contributed by atoms with van der Waals surface area (Å²) < 4.78 is 4.60. The first-order valence-electron chi connectivity index (χ1n) is 16.7. The minimum absolute atomic E-state index is 0.588. The number of hydrogen-bond donors (Lipinski definition) is 0. The van der Waals surface area contributed by atoms with Crippen LogP contribution in [-0.4, -0.2) is 19.1 Å². The zero-order chi connectivity index (χ0) is 33.2. The molecule has 50 heavy (non-hydrogen) atoms. The second-order valence-electron chi connectivity index (χ2n) is 12.5. The molecule has 0 aliphatic rings. The molecular formula is C45H27N5. The normalized spacial score (nSPS) is 11.6. The summed E-state index contributed by atoms with van der Waals surface area (Å²) in [5.74, 6) is 0.666. The zero-order valence-electron chi connectivity index (χ0n) is 26.8. The SMILES string of the molecule is N#Cc1ccc(-c2nc(-c3ccccc3)nc3ccccc23)cc1-n1c2ccccc2c2cc3c(cc21)c1ccccc1n3-c1ccccc1. The Bertz CT molecular complexity index is 2980. The van der Waals surface area contributed by atoms with Gasteiger partial charge in [-0.1, -0.05) is 109 Å². The van der Waals surface area contributed by atoms with Crippen molar-refractivity contribution < 1.29 is 0 Å². The molecule has 5 nitrogen and oxygen atoms in total. The van der Waals surface area contributed by atoms with Crippen molar-refractivity contribution in [2.45, 2.75) is 0 Å². The van der Waals surface area contributed by atoms with Gasteiger partial charge in [0.05, 0.1) is 44.5 Å². The number of rotatable bonds is 4. The van der Waals surface area contributed by atoms with Crippen LogP contribution in [-0.2, 0) is 0 Å². The van der Waals surface area contributed by atoms with Crippen molar-refractivity contribution in [2.75, 3.05) is 0 Å². The summed E-state index contributed by atoms with van der Waals surface area (Å²) in [6.45, 7) is 0. The smallest absolute Gasteiger partial charge is 0.160 e. The molecule has 0 aliphatic carbocycles. The fourth-order valence-electron chi connectivity index (χ4n) is 7.52. The van der Waals surface area contributed by atoms with E-state index >= 15 is 0 Å². The van der Waals surface area contributed by atoms with E-state index < -0.39 is 0 Å². The summed E-state index contributed by atoms with van der Waals surface area (Å²) in [6.07, 6.45) is 0. The van der Waals surface area contributed by atoms with Gasteiger partial charge in [0, 0.05) is 43.7 Å². The van der Waals surface area contributed by atoms with E-state index in [1.54, 1.807) is 0 Å². The van der Waals surface area contributed by atoms with Crippen LogP contribution in [0.4, 0.5) is 0 Å². The highest BCUT2D eigenvalue weighted by Crippen LogP contribution is 2.41. The van der Waals surface area contributed by atoms with Crippen LogP contribution in [0.5, 0.6) is 0 Å². The molecule has 0 radical (unpaired) electrons. The van der Waals surface area contributed by atoms with Gasteiger partial charge in [-0.3, -0.25) is 0 Å². The minimum Gasteiger partial charge on any atom is -0.309 e. The Labute approximate surface area is 287 Å². The largest absolute Gasteiger partial charge is 0.309 e. The predicted octanol–water partition coefficient (Wildman–Crippen LogP) is 11.0. The van der Waals surface area contributed by atoms with E-state index in [2.05, 4.69) is 118 Å². The Morgan fingerprint density at radius 1 is 0.440 bits per heavy atom. The quantitative estimate of drug-likeness (QED) is 0.193. The molecule has 0 atom stereocenters. The molecule has 5 heteroatoms. The molecule has 0 spiro atoms. The fourth-order valence-corrected chi connectivity index (χ4v) is 7.52. The number of benzene rings is 7. The maximum Gasteiger partial charge on any atom is 0.160 e. The molecule has 7 aromatic carbocycles. The van der Waals surface area contributed by atoms with Gasteiger partial charge in [0.1, 0.15) is 6.07 Å². The van der Waals surface area contributed by atoms with Crippen LogP contribution >= 0.6 is 0 Å². The molecule has 3 aromatic heterocycles. The third-order valence-electron chi connectivity index (χ3n) is 9.75. The Morgan fingerprint density at radius 3 is 1.72 bits per heavy atom. The first-order chi connectivity index (χ1) is 24.8. The molecular weight excluding hydrogens is 611 g/mol. The molecule has 0 fully saturated rings. The summed E-state index contributed by atoms with van der Waals surface area (Å²) in [6, 6.07) is 58.9.